The molecule has 6 nitrogen and oxygen atoms in total. The molecule has 0 bridgehead atoms. The highest BCUT2D eigenvalue weighted by atomic mass is 35.5. The number of aromatic carboxylic acids is 1. The second kappa shape index (κ2) is 12.0. The number of hydrogen-bond acceptors (Lipinski definition) is 4. The lowest BCUT2D eigenvalue weighted by Crippen LogP contribution is -2.22. The van der Waals surface area contributed by atoms with Crippen molar-refractivity contribution in [1.29, 1.82) is 0 Å². The summed E-state index contributed by atoms with van der Waals surface area (Å²) in [6, 6.07) is 8.33. The summed E-state index contributed by atoms with van der Waals surface area (Å²) < 4.78 is 12.3. The van der Waals surface area contributed by atoms with Crippen LogP contribution in [0.3, 0.4) is 0 Å². The molecule has 0 aliphatic carbocycles. The lowest BCUT2D eigenvalue weighted by Gasteiger charge is -2.15. The molecule has 1 aromatic carbocycles. The summed E-state index contributed by atoms with van der Waals surface area (Å²) >= 11 is 5.32. The Bertz CT molecular complexity index is 814. The van der Waals surface area contributed by atoms with Gasteiger partial charge in [0.05, 0.1) is 5.52 Å². The maximum Gasteiger partial charge on any atom is 0.357 e. The quantitative estimate of drug-likeness (QED) is 0.265. The van der Waals surface area contributed by atoms with Crippen molar-refractivity contribution in [1.82, 2.24) is 9.78 Å². The molecule has 2 aromatic rings. The van der Waals surface area contributed by atoms with Gasteiger partial charge in [0.25, 0.3) is 0 Å². The van der Waals surface area contributed by atoms with Crippen LogP contribution in [-0.4, -0.2) is 56.3 Å². The molecule has 0 unspecified atom stereocenters. The van der Waals surface area contributed by atoms with Crippen molar-refractivity contribution in [2.75, 3.05) is 19.3 Å². The fourth-order valence-corrected chi connectivity index (χ4v) is 4.13. The molecule has 0 atom stereocenters. The van der Waals surface area contributed by atoms with Gasteiger partial charge >= 0.3 is 5.97 Å². The van der Waals surface area contributed by atoms with Crippen LogP contribution in [0.5, 0.6) is 0 Å². The third-order valence-corrected chi connectivity index (χ3v) is 7.95. The molecule has 0 radical (unpaired) electrons. The number of carbonyl (C=O) groups is 1. The first-order valence-electron chi connectivity index (χ1n) is 10.3. The Kier molecular flexibility index (Phi) is 10.7. The summed E-state index contributed by atoms with van der Waals surface area (Å²) in [5, 5.41) is 14.1. The number of halogens is 1. The molecule has 1 heterocycles. The van der Waals surface area contributed by atoms with E-state index in [9.17, 15) is 9.90 Å². The lowest BCUT2D eigenvalue weighted by molar-refractivity contribution is 0.0676. The molecule has 2 rings (SSSR count). The summed E-state index contributed by atoms with van der Waals surface area (Å²) in [4.78, 5) is 11.3. The molecule has 170 valence electrons. The van der Waals surface area contributed by atoms with Crippen LogP contribution in [-0.2, 0) is 16.2 Å². The van der Waals surface area contributed by atoms with E-state index in [-0.39, 0.29) is 12.4 Å². The largest absolute Gasteiger partial charge is 0.476 e. The Morgan fingerprint density at radius 3 is 2.13 bits per heavy atom. The van der Waals surface area contributed by atoms with Gasteiger partial charge in [0, 0.05) is 34.7 Å². The van der Waals surface area contributed by atoms with Crippen LogP contribution in [0.4, 0.5) is 0 Å². The van der Waals surface area contributed by atoms with Crippen molar-refractivity contribution in [3.05, 3.63) is 29.5 Å². The number of alkyl halides is 1. The predicted octanol–water partition coefficient (Wildman–Crippen LogP) is 5.89. The molecule has 9 heteroatoms. The maximum absolute atomic E-state index is 11.3. The number of nitrogens with zero attached hydrogens (tertiary/aromatic N) is 2. The van der Waals surface area contributed by atoms with Gasteiger partial charge in [-0.1, -0.05) is 62.5 Å². The normalized spacial score (nSPS) is 12.0. The molecule has 0 aliphatic heterocycles. The summed E-state index contributed by atoms with van der Waals surface area (Å²) in [6.07, 6.45) is 0. The zero-order valence-corrected chi connectivity index (χ0v) is 22.2. The van der Waals surface area contributed by atoms with Crippen LogP contribution < -0.4 is 0 Å². The Hall–Kier alpha value is -1.20. The first-order valence-corrected chi connectivity index (χ1v) is 18.2. The van der Waals surface area contributed by atoms with Crippen molar-refractivity contribution < 1.29 is 19.4 Å². The summed E-state index contributed by atoms with van der Waals surface area (Å²) in [5.74, 6) is -1.01. The van der Waals surface area contributed by atoms with Gasteiger partial charge in [-0.3, -0.25) is 0 Å². The van der Waals surface area contributed by atoms with Crippen LogP contribution in [0.25, 0.3) is 10.9 Å². The van der Waals surface area contributed by atoms with E-state index in [1.54, 1.807) is 4.68 Å². The molecule has 0 amide bonds. The second-order valence-corrected chi connectivity index (χ2v) is 21.3. The van der Waals surface area contributed by atoms with Crippen LogP contribution in [0.2, 0.25) is 51.4 Å². The summed E-state index contributed by atoms with van der Waals surface area (Å²) in [5.41, 5.74) is 1.90. The molecule has 0 fully saturated rings. The van der Waals surface area contributed by atoms with E-state index in [0.717, 1.165) is 23.7 Å². The smallest absolute Gasteiger partial charge is 0.357 e. The lowest BCUT2D eigenvalue weighted by atomic mass is 10.1. The fraction of sp³-hybridized carbons (Fsp3) is 0.619. The molecule has 0 saturated heterocycles. The molecular weight excluding hydrogens is 436 g/mol. The van der Waals surface area contributed by atoms with Gasteiger partial charge < -0.3 is 14.6 Å². The molecule has 0 saturated carbocycles. The SMILES string of the molecule is C[Si](C)(C)CCOCCl.Cc1ccc2c(c1)c(C(=O)O)nn2COCC[Si](C)(C)C. The molecule has 1 N–H and O–H groups in total. The average molecular weight is 473 g/mol. The Balaban J connectivity index is 0.000000424. The highest BCUT2D eigenvalue weighted by Gasteiger charge is 2.17. The Labute approximate surface area is 187 Å². The van der Waals surface area contributed by atoms with E-state index < -0.39 is 22.1 Å². The monoisotopic (exact) mass is 472 g/mol. The minimum atomic E-state index is -1.12. The molecular formula is C21H37ClN2O4Si2. The van der Waals surface area contributed by atoms with E-state index in [4.69, 9.17) is 21.1 Å². The molecule has 0 aliphatic rings. The standard InChI is InChI=1S/C15H22N2O3Si.C6H15ClOSi/c1-11-5-6-13-12(9-11)14(15(18)19)16-17(13)10-20-7-8-21(2,3)4;1-9(2,3)5-4-8-6-7/h5-6,9H,7-8,10H2,1-4H3,(H,18,19);4-6H2,1-3H3. The maximum atomic E-state index is 11.3. The number of ether oxygens (including phenoxy) is 2. The van der Waals surface area contributed by atoms with Gasteiger partial charge in [-0.05, 0) is 31.1 Å². The van der Waals surface area contributed by atoms with Gasteiger partial charge in [0.1, 0.15) is 12.8 Å². The van der Waals surface area contributed by atoms with Crippen LogP contribution >= 0.6 is 11.6 Å². The van der Waals surface area contributed by atoms with E-state index in [2.05, 4.69) is 44.4 Å². The molecule has 1 aromatic heterocycles. The van der Waals surface area contributed by atoms with Gasteiger partial charge in [0.2, 0.25) is 0 Å². The summed E-state index contributed by atoms with van der Waals surface area (Å²) in [6.45, 7) is 17.6. The third kappa shape index (κ3) is 10.2. The van der Waals surface area contributed by atoms with Crippen LogP contribution in [0.1, 0.15) is 16.1 Å². The van der Waals surface area contributed by atoms with Gasteiger partial charge in [0.15, 0.2) is 5.69 Å². The van der Waals surface area contributed by atoms with Crippen molar-refractivity contribution in [3.8, 4) is 0 Å². The first kappa shape index (κ1) is 26.8. The second-order valence-electron chi connectivity index (χ2n) is 9.85. The number of carboxylic acid groups (broad SMARTS) is 1. The highest BCUT2D eigenvalue weighted by Crippen LogP contribution is 2.20. The number of aryl methyl sites for hydroxylation is 1. The minimum Gasteiger partial charge on any atom is -0.476 e. The zero-order valence-electron chi connectivity index (χ0n) is 19.4. The molecule has 0 spiro atoms. The van der Waals surface area contributed by atoms with E-state index in [1.807, 2.05) is 25.1 Å². The number of benzene rings is 1. The Morgan fingerprint density at radius 2 is 1.63 bits per heavy atom. The van der Waals surface area contributed by atoms with Crippen LogP contribution in [0, 0.1) is 6.92 Å². The van der Waals surface area contributed by atoms with Crippen molar-refractivity contribution in [2.24, 2.45) is 0 Å². The van der Waals surface area contributed by atoms with Crippen molar-refractivity contribution in [3.63, 3.8) is 0 Å². The number of fused-ring (bicyclic) bond motifs is 1. The van der Waals surface area contributed by atoms with Crippen LogP contribution in [0.15, 0.2) is 18.2 Å². The first-order chi connectivity index (χ1) is 13.8. The number of aromatic nitrogens is 2. The Morgan fingerprint density at radius 1 is 1.07 bits per heavy atom. The zero-order chi connectivity index (χ0) is 22.9. The van der Waals surface area contributed by atoms with Crippen molar-refractivity contribution >= 4 is 44.6 Å². The van der Waals surface area contributed by atoms with E-state index in [0.29, 0.717) is 18.1 Å². The van der Waals surface area contributed by atoms with Gasteiger partial charge in [-0.2, -0.15) is 5.10 Å². The van der Waals surface area contributed by atoms with E-state index in [1.165, 1.54) is 6.04 Å². The topological polar surface area (TPSA) is 73.6 Å². The predicted molar refractivity (Wildman–Crippen MR) is 130 cm³/mol. The minimum absolute atomic E-state index is 0.0856. The third-order valence-electron chi connectivity index (χ3n) is 4.39. The average Bonchev–Trinajstić information content (AvgIpc) is 2.96. The fourth-order valence-electron chi connectivity index (χ4n) is 2.51. The van der Waals surface area contributed by atoms with E-state index >= 15 is 0 Å². The van der Waals surface area contributed by atoms with Crippen molar-refractivity contribution in [2.45, 2.75) is 65.0 Å². The molecule has 30 heavy (non-hydrogen) atoms. The number of carboxylic acids is 1. The van der Waals surface area contributed by atoms with Gasteiger partial charge in [-0.25, -0.2) is 9.48 Å². The highest BCUT2D eigenvalue weighted by molar-refractivity contribution is 6.76. The van der Waals surface area contributed by atoms with Gasteiger partial charge in [-0.15, -0.1) is 0 Å². The number of hydrogen-bond donors (Lipinski definition) is 1. The summed E-state index contributed by atoms with van der Waals surface area (Å²) in [7, 11) is -2.00. The number of rotatable bonds is 10.